The maximum Gasteiger partial charge on any atom is 0.259 e. The van der Waals surface area contributed by atoms with Crippen molar-refractivity contribution in [2.75, 3.05) is 11.9 Å². The van der Waals surface area contributed by atoms with Crippen LogP contribution in [0.5, 0.6) is 5.75 Å². The van der Waals surface area contributed by atoms with Crippen LogP contribution in [0, 0.1) is 0 Å². The number of carbonyl (C=O) groups excluding carboxylic acids is 2. The number of anilines is 1. The molecule has 176 valence electrons. The molecule has 1 aliphatic carbocycles. The van der Waals surface area contributed by atoms with Gasteiger partial charge in [-0.15, -0.1) is 0 Å². The van der Waals surface area contributed by atoms with Crippen LogP contribution >= 0.6 is 11.6 Å². The summed E-state index contributed by atoms with van der Waals surface area (Å²) in [5.74, 6) is -0.00548. The lowest BCUT2D eigenvalue weighted by Gasteiger charge is -2.23. The molecule has 0 spiro atoms. The zero-order valence-corrected chi connectivity index (χ0v) is 19.8. The molecule has 3 aromatic rings. The monoisotopic (exact) mass is 476 g/mol. The molecule has 0 atom stereocenters. The van der Waals surface area contributed by atoms with Crippen molar-refractivity contribution < 1.29 is 14.3 Å². The van der Waals surface area contributed by atoms with Gasteiger partial charge in [0.05, 0.1) is 22.8 Å². The molecular formula is C28H29ClN2O3. The van der Waals surface area contributed by atoms with E-state index in [1.807, 2.05) is 36.4 Å². The average Bonchev–Trinajstić information content (AvgIpc) is 2.86. The lowest BCUT2D eigenvalue weighted by molar-refractivity contribution is 0.0926. The molecule has 5 nitrogen and oxygen atoms in total. The predicted molar refractivity (Wildman–Crippen MR) is 136 cm³/mol. The fourth-order valence-corrected chi connectivity index (χ4v) is 4.39. The van der Waals surface area contributed by atoms with Crippen molar-refractivity contribution in [3.8, 4) is 5.75 Å². The number of benzene rings is 3. The molecule has 1 saturated carbocycles. The SMILES string of the molecule is O=C(NC1CCCCC1)c1cc(NC(=O)c2ccccc2OCCc2ccccc2)ccc1Cl. The standard InChI is InChI=1S/C28H29ClN2O3/c29-25-16-15-22(19-24(25)28(33)30-21-11-5-2-6-12-21)31-27(32)23-13-7-8-14-26(23)34-18-17-20-9-3-1-4-10-20/h1,3-4,7-10,13-16,19,21H,2,5-6,11-12,17-18H2,(H,30,33)(H,31,32). The first-order chi connectivity index (χ1) is 16.6. The third-order valence-corrected chi connectivity index (χ3v) is 6.36. The van der Waals surface area contributed by atoms with Crippen molar-refractivity contribution in [1.29, 1.82) is 0 Å². The van der Waals surface area contributed by atoms with Gasteiger partial charge in [-0.05, 0) is 48.7 Å². The van der Waals surface area contributed by atoms with Gasteiger partial charge >= 0.3 is 0 Å². The topological polar surface area (TPSA) is 67.4 Å². The molecule has 2 amide bonds. The van der Waals surface area contributed by atoms with Crippen molar-refractivity contribution in [2.24, 2.45) is 0 Å². The molecule has 0 radical (unpaired) electrons. The Morgan fingerprint density at radius 1 is 0.853 bits per heavy atom. The smallest absolute Gasteiger partial charge is 0.259 e. The van der Waals surface area contributed by atoms with E-state index in [4.69, 9.17) is 16.3 Å². The second-order valence-electron chi connectivity index (χ2n) is 8.54. The molecule has 0 aromatic heterocycles. The van der Waals surface area contributed by atoms with E-state index in [0.29, 0.717) is 34.2 Å². The Balaban J connectivity index is 1.41. The van der Waals surface area contributed by atoms with Crippen LogP contribution in [-0.4, -0.2) is 24.5 Å². The molecule has 2 N–H and O–H groups in total. The van der Waals surface area contributed by atoms with E-state index >= 15 is 0 Å². The summed E-state index contributed by atoms with van der Waals surface area (Å²) in [7, 11) is 0. The van der Waals surface area contributed by atoms with Crippen molar-refractivity contribution in [3.63, 3.8) is 0 Å². The number of halogens is 1. The highest BCUT2D eigenvalue weighted by Gasteiger charge is 2.19. The largest absolute Gasteiger partial charge is 0.492 e. The normalized spacial score (nSPS) is 13.8. The predicted octanol–water partition coefficient (Wildman–Crippen LogP) is 6.28. The summed E-state index contributed by atoms with van der Waals surface area (Å²) < 4.78 is 5.92. The Kier molecular flexibility index (Phi) is 8.21. The fraction of sp³-hybridized carbons (Fsp3) is 0.286. The summed E-state index contributed by atoms with van der Waals surface area (Å²) in [4.78, 5) is 25.8. The van der Waals surface area contributed by atoms with Crippen LogP contribution in [0.4, 0.5) is 5.69 Å². The van der Waals surface area contributed by atoms with E-state index < -0.39 is 0 Å². The Bertz CT molecular complexity index is 1130. The number of hydrogen-bond acceptors (Lipinski definition) is 3. The summed E-state index contributed by atoms with van der Waals surface area (Å²) in [6.45, 7) is 0.459. The first-order valence-corrected chi connectivity index (χ1v) is 12.2. The highest BCUT2D eigenvalue weighted by atomic mass is 35.5. The fourth-order valence-electron chi connectivity index (χ4n) is 4.19. The van der Waals surface area contributed by atoms with Gasteiger partial charge in [0.2, 0.25) is 0 Å². The maximum absolute atomic E-state index is 13.0. The number of ether oxygens (including phenoxy) is 1. The van der Waals surface area contributed by atoms with Crippen molar-refractivity contribution >= 4 is 29.1 Å². The lowest BCUT2D eigenvalue weighted by Crippen LogP contribution is -2.36. The molecule has 0 unspecified atom stereocenters. The van der Waals surface area contributed by atoms with Crippen molar-refractivity contribution in [3.05, 3.63) is 94.5 Å². The van der Waals surface area contributed by atoms with Gasteiger partial charge in [-0.1, -0.05) is 73.3 Å². The van der Waals surface area contributed by atoms with Gasteiger partial charge in [0, 0.05) is 18.2 Å². The molecule has 3 aromatic carbocycles. The summed E-state index contributed by atoms with van der Waals surface area (Å²) in [6, 6.07) is 22.3. The van der Waals surface area contributed by atoms with Gasteiger partial charge in [-0.2, -0.15) is 0 Å². The molecular weight excluding hydrogens is 448 g/mol. The van der Waals surface area contributed by atoms with Crippen LogP contribution in [0.2, 0.25) is 5.02 Å². The maximum atomic E-state index is 13.0. The van der Waals surface area contributed by atoms with Gasteiger partial charge in [0.15, 0.2) is 0 Å². The first-order valence-electron chi connectivity index (χ1n) is 11.8. The zero-order chi connectivity index (χ0) is 23.8. The summed E-state index contributed by atoms with van der Waals surface area (Å²) in [6.07, 6.45) is 6.18. The van der Waals surface area contributed by atoms with E-state index in [-0.39, 0.29) is 17.9 Å². The van der Waals surface area contributed by atoms with Crippen LogP contribution in [-0.2, 0) is 6.42 Å². The van der Waals surface area contributed by atoms with E-state index in [2.05, 4.69) is 10.6 Å². The number of rotatable bonds is 8. The van der Waals surface area contributed by atoms with E-state index in [1.165, 1.54) is 12.0 Å². The van der Waals surface area contributed by atoms with Gasteiger partial charge in [-0.25, -0.2) is 0 Å². The summed E-state index contributed by atoms with van der Waals surface area (Å²) >= 11 is 6.30. The average molecular weight is 477 g/mol. The van der Waals surface area contributed by atoms with E-state index in [9.17, 15) is 9.59 Å². The number of carbonyl (C=O) groups is 2. The molecule has 4 rings (SSSR count). The number of hydrogen-bond donors (Lipinski definition) is 2. The van der Waals surface area contributed by atoms with Gasteiger partial charge in [0.1, 0.15) is 5.75 Å². The zero-order valence-electron chi connectivity index (χ0n) is 19.1. The minimum absolute atomic E-state index is 0.176. The second-order valence-corrected chi connectivity index (χ2v) is 8.94. The van der Waals surface area contributed by atoms with Gasteiger partial charge in [-0.3, -0.25) is 9.59 Å². The summed E-state index contributed by atoms with van der Waals surface area (Å²) in [5.41, 5.74) is 2.46. The van der Waals surface area contributed by atoms with Crippen LogP contribution in [0.3, 0.4) is 0 Å². The minimum Gasteiger partial charge on any atom is -0.492 e. The van der Waals surface area contributed by atoms with Crippen molar-refractivity contribution in [2.45, 2.75) is 44.6 Å². The molecule has 1 aliphatic rings. The third-order valence-electron chi connectivity index (χ3n) is 6.03. The second kappa shape index (κ2) is 11.7. The Hall–Kier alpha value is -3.31. The van der Waals surface area contributed by atoms with E-state index in [0.717, 1.165) is 32.1 Å². The first kappa shape index (κ1) is 23.8. The molecule has 6 heteroatoms. The molecule has 1 fully saturated rings. The van der Waals surface area contributed by atoms with Gasteiger partial charge < -0.3 is 15.4 Å². The van der Waals surface area contributed by atoms with Crippen LogP contribution in [0.25, 0.3) is 0 Å². The highest BCUT2D eigenvalue weighted by Crippen LogP contribution is 2.25. The number of amides is 2. The highest BCUT2D eigenvalue weighted by molar-refractivity contribution is 6.34. The molecule has 0 bridgehead atoms. The summed E-state index contributed by atoms with van der Waals surface area (Å²) in [5, 5.41) is 6.31. The Labute approximate surface area is 205 Å². The molecule has 0 saturated heterocycles. The van der Waals surface area contributed by atoms with Gasteiger partial charge in [0.25, 0.3) is 11.8 Å². The molecule has 0 heterocycles. The lowest BCUT2D eigenvalue weighted by atomic mass is 9.95. The Morgan fingerprint density at radius 3 is 2.38 bits per heavy atom. The minimum atomic E-state index is -0.309. The van der Waals surface area contributed by atoms with Crippen LogP contribution < -0.4 is 15.4 Å². The molecule has 34 heavy (non-hydrogen) atoms. The van der Waals surface area contributed by atoms with E-state index in [1.54, 1.807) is 36.4 Å². The van der Waals surface area contributed by atoms with Crippen molar-refractivity contribution in [1.82, 2.24) is 5.32 Å². The number of nitrogens with one attached hydrogen (secondary N) is 2. The third kappa shape index (κ3) is 6.39. The Morgan fingerprint density at radius 2 is 1.59 bits per heavy atom. The number of para-hydroxylation sites is 1. The quantitative estimate of drug-likeness (QED) is 0.402. The van der Waals surface area contributed by atoms with Crippen LogP contribution in [0.15, 0.2) is 72.8 Å². The molecule has 0 aliphatic heterocycles. The van der Waals surface area contributed by atoms with Crippen LogP contribution in [0.1, 0.15) is 58.4 Å².